The Balaban J connectivity index is 2.38. The molecule has 0 bridgehead atoms. The summed E-state index contributed by atoms with van der Waals surface area (Å²) in [5, 5.41) is 7.39. The first-order valence-electron chi connectivity index (χ1n) is 4.65. The van der Waals surface area contributed by atoms with Crippen LogP contribution >= 0.6 is 22.9 Å². The molecule has 3 heterocycles. The van der Waals surface area contributed by atoms with Crippen molar-refractivity contribution in [2.75, 3.05) is 0 Å². The molecule has 0 fully saturated rings. The highest BCUT2D eigenvalue weighted by Gasteiger charge is 2.12. The molecule has 0 spiro atoms. The van der Waals surface area contributed by atoms with Gasteiger partial charge in [0.2, 0.25) is 5.28 Å². The highest BCUT2D eigenvalue weighted by atomic mass is 35.5. The van der Waals surface area contributed by atoms with E-state index in [1.165, 1.54) is 0 Å². The summed E-state index contributed by atoms with van der Waals surface area (Å²) in [6.07, 6.45) is 1.74. The van der Waals surface area contributed by atoms with Gasteiger partial charge in [-0.25, -0.2) is 9.97 Å². The molecule has 0 aromatic carbocycles. The third kappa shape index (κ3) is 1.40. The van der Waals surface area contributed by atoms with Crippen molar-refractivity contribution in [1.82, 2.24) is 19.7 Å². The van der Waals surface area contributed by atoms with Gasteiger partial charge in [0.1, 0.15) is 10.5 Å². The number of thiophene rings is 1. The fourth-order valence-electron chi connectivity index (χ4n) is 1.63. The van der Waals surface area contributed by atoms with E-state index in [9.17, 15) is 0 Å². The predicted molar refractivity (Wildman–Crippen MR) is 64.6 cm³/mol. The molecule has 0 aliphatic rings. The van der Waals surface area contributed by atoms with Crippen LogP contribution in [0.2, 0.25) is 5.28 Å². The minimum atomic E-state index is 0.270. The zero-order valence-electron chi connectivity index (χ0n) is 8.38. The van der Waals surface area contributed by atoms with E-state index in [-0.39, 0.29) is 5.28 Å². The Labute approximate surface area is 101 Å². The van der Waals surface area contributed by atoms with Crippen LogP contribution < -0.4 is 0 Å². The summed E-state index contributed by atoms with van der Waals surface area (Å²) < 4.78 is 1.77. The zero-order chi connectivity index (χ0) is 11.1. The molecular formula is C10H7ClN4S. The molecular weight excluding hydrogens is 244 g/mol. The first-order valence-corrected chi connectivity index (χ1v) is 5.90. The van der Waals surface area contributed by atoms with Gasteiger partial charge >= 0.3 is 0 Å². The SMILES string of the molecule is Cn1nccc1-c1nc(Cl)nc2sccc12. The summed E-state index contributed by atoms with van der Waals surface area (Å²) in [6.45, 7) is 0. The molecule has 0 aliphatic carbocycles. The maximum absolute atomic E-state index is 5.90. The van der Waals surface area contributed by atoms with Crippen LogP contribution in [0.5, 0.6) is 0 Å². The van der Waals surface area contributed by atoms with Crippen molar-refractivity contribution in [3.05, 3.63) is 29.0 Å². The number of rotatable bonds is 1. The van der Waals surface area contributed by atoms with Crippen LogP contribution in [0.15, 0.2) is 23.7 Å². The molecule has 3 rings (SSSR count). The Morgan fingerprint density at radius 1 is 1.31 bits per heavy atom. The van der Waals surface area contributed by atoms with E-state index in [2.05, 4.69) is 15.1 Å². The second kappa shape index (κ2) is 3.54. The Hall–Kier alpha value is -1.46. The van der Waals surface area contributed by atoms with Gasteiger partial charge in [-0.1, -0.05) is 0 Å². The minimum Gasteiger partial charge on any atom is -0.266 e. The van der Waals surface area contributed by atoms with Crippen LogP contribution in [-0.4, -0.2) is 19.7 Å². The first kappa shape index (κ1) is 9.74. The summed E-state index contributed by atoms with van der Waals surface area (Å²) in [4.78, 5) is 9.36. The highest BCUT2D eigenvalue weighted by Crippen LogP contribution is 2.29. The van der Waals surface area contributed by atoms with Gasteiger partial charge in [0.05, 0.1) is 5.69 Å². The minimum absolute atomic E-state index is 0.270. The number of aromatic nitrogens is 4. The molecule has 4 nitrogen and oxygen atoms in total. The van der Waals surface area contributed by atoms with Gasteiger partial charge in [0.15, 0.2) is 0 Å². The Morgan fingerprint density at radius 2 is 2.19 bits per heavy atom. The van der Waals surface area contributed by atoms with Crippen molar-refractivity contribution in [2.24, 2.45) is 7.05 Å². The lowest BCUT2D eigenvalue weighted by Gasteiger charge is -2.03. The van der Waals surface area contributed by atoms with E-state index in [0.717, 1.165) is 21.6 Å². The van der Waals surface area contributed by atoms with Crippen LogP contribution in [0.25, 0.3) is 21.6 Å². The molecule has 6 heteroatoms. The highest BCUT2D eigenvalue weighted by molar-refractivity contribution is 7.16. The van der Waals surface area contributed by atoms with Gasteiger partial charge in [0.25, 0.3) is 0 Å². The Bertz CT molecular complexity index is 658. The molecule has 0 saturated heterocycles. The smallest absolute Gasteiger partial charge is 0.224 e. The van der Waals surface area contributed by atoms with Gasteiger partial charge < -0.3 is 0 Å². The second-order valence-corrected chi connectivity index (χ2v) is 4.55. The van der Waals surface area contributed by atoms with E-state index in [1.54, 1.807) is 22.2 Å². The topological polar surface area (TPSA) is 43.6 Å². The molecule has 0 amide bonds. The standard InChI is InChI=1S/C10H7ClN4S/c1-15-7(2-4-12-15)8-6-3-5-16-9(6)14-10(11)13-8/h2-5H,1H3. The van der Waals surface area contributed by atoms with Crippen LogP contribution in [-0.2, 0) is 7.05 Å². The predicted octanol–water partition coefficient (Wildman–Crippen LogP) is 2.75. The summed E-state index contributed by atoms with van der Waals surface area (Å²) in [6, 6.07) is 3.91. The number of aryl methyl sites for hydroxylation is 1. The summed E-state index contributed by atoms with van der Waals surface area (Å²) in [5.41, 5.74) is 1.77. The number of halogens is 1. The molecule has 0 radical (unpaired) electrons. The average Bonchev–Trinajstić information content (AvgIpc) is 2.84. The summed E-state index contributed by atoms with van der Waals surface area (Å²) in [7, 11) is 1.88. The first-order chi connectivity index (χ1) is 7.75. The number of fused-ring (bicyclic) bond motifs is 1. The molecule has 0 saturated carbocycles. The third-order valence-corrected chi connectivity index (χ3v) is 3.34. The van der Waals surface area contributed by atoms with Crippen LogP contribution in [0.4, 0.5) is 0 Å². The van der Waals surface area contributed by atoms with Gasteiger partial charge in [0, 0.05) is 18.6 Å². The quantitative estimate of drug-likeness (QED) is 0.624. The summed E-state index contributed by atoms with van der Waals surface area (Å²) >= 11 is 7.46. The van der Waals surface area contributed by atoms with Gasteiger partial charge in [-0.05, 0) is 29.1 Å². The lowest BCUT2D eigenvalue weighted by Crippen LogP contribution is -1.96. The molecule has 3 aromatic rings. The molecule has 80 valence electrons. The number of hydrogen-bond acceptors (Lipinski definition) is 4. The van der Waals surface area contributed by atoms with Crippen LogP contribution in [0, 0.1) is 0 Å². The van der Waals surface area contributed by atoms with Crippen molar-refractivity contribution >= 4 is 33.2 Å². The van der Waals surface area contributed by atoms with Gasteiger partial charge in [-0.15, -0.1) is 11.3 Å². The number of nitrogens with zero attached hydrogens (tertiary/aromatic N) is 4. The second-order valence-electron chi connectivity index (χ2n) is 3.32. The molecule has 0 N–H and O–H groups in total. The largest absolute Gasteiger partial charge is 0.266 e. The molecule has 16 heavy (non-hydrogen) atoms. The lowest BCUT2D eigenvalue weighted by atomic mass is 10.2. The van der Waals surface area contributed by atoms with Crippen molar-refractivity contribution in [1.29, 1.82) is 0 Å². The van der Waals surface area contributed by atoms with E-state index < -0.39 is 0 Å². The average molecular weight is 251 g/mol. The molecule has 0 aliphatic heterocycles. The van der Waals surface area contributed by atoms with E-state index in [4.69, 9.17) is 11.6 Å². The van der Waals surface area contributed by atoms with Crippen molar-refractivity contribution < 1.29 is 0 Å². The van der Waals surface area contributed by atoms with E-state index in [0.29, 0.717) is 0 Å². The van der Waals surface area contributed by atoms with Crippen molar-refractivity contribution in [3.8, 4) is 11.4 Å². The number of hydrogen-bond donors (Lipinski definition) is 0. The maximum Gasteiger partial charge on any atom is 0.224 e. The molecule has 3 aromatic heterocycles. The van der Waals surface area contributed by atoms with Crippen LogP contribution in [0.1, 0.15) is 0 Å². The van der Waals surface area contributed by atoms with Crippen molar-refractivity contribution in [3.63, 3.8) is 0 Å². The fraction of sp³-hybridized carbons (Fsp3) is 0.100. The maximum atomic E-state index is 5.90. The summed E-state index contributed by atoms with van der Waals surface area (Å²) in [5.74, 6) is 0. The van der Waals surface area contributed by atoms with E-state index in [1.807, 2.05) is 24.6 Å². The third-order valence-electron chi connectivity index (χ3n) is 2.36. The Morgan fingerprint density at radius 3 is 2.94 bits per heavy atom. The molecule has 0 atom stereocenters. The molecule has 0 unspecified atom stereocenters. The normalized spacial score (nSPS) is 11.1. The monoisotopic (exact) mass is 250 g/mol. The lowest BCUT2D eigenvalue weighted by molar-refractivity contribution is 0.774. The van der Waals surface area contributed by atoms with Crippen molar-refractivity contribution in [2.45, 2.75) is 0 Å². The van der Waals surface area contributed by atoms with Gasteiger partial charge in [-0.2, -0.15) is 5.10 Å². The fourth-order valence-corrected chi connectivity index (χ4v) is 2.61. The van der Waals surface area contributed by atoms with Crippen LogP contribution in [0.3, 0.4) is 0 Å². The zero-order valence-corrected chi connectivity index (χ0v) is 9.96. The Kier molecular flexibility index (Phi) is 2.15. The van der Waals surface area contributed by atoms with E-state index >= 15 is 0 Å². The van der Waals surface area contributed by atoms with Gasteiger partial charge in [-0.3, -0.25) is 4.68 Å².